The van der Waals surface area contributed by atoms with Crippen molar-refractivity contribution < 1.29 is 0 Å². The lowest BCUT2D eigenvalue weighted by atomic mass is 10.3. The van der Waals surface area contributed by atoms with Gasteiger partial charge in [-0.1, -0.05) is 11.6 Å². The average molecular weight is 154 g/mol. The first-order valence-electron chi connectivity index (χ1n) is 2.84. The zero-order chi connectivity index (χ0) is 7.30. The van der Waals surface area contributed by atoms with Gasteiger partial charge in [-0.3, -0.25) is 4.79 Å². The molecule has 2 N–H and O–H groups in total. The van der Waals surface area contributed by atoms with Crippen LogP contribution in [-0.4, -0.2) is 0 Å². The second kappa shape index (κ2) is 1.52. The summed E-state index contributed by atoms with van der Waals surface area (Å²) in [6.07, 6.45) is 0. The zero-order valence-corrected chi connectivity index (χ0v) is 5.77. The third-order valence-corrected chi connectivity index (χ3v) is 1.82. The number of benzene rings is 1. The molecule has 10 heavy (non-hydrogen) atoms. The number of nitrogen functional groups attached to an aromatic ring is 1. The lowest BCUT2D eigenvalue weighted by Crippen LogP contribution is -1.80. The number of hydrogen-bond donors (Lipinski definition) is 1. The molecule has 0 heterocycles. The number of anilines is 1. The Labute approximate surface area is 61.9 Å². The van der Waals surface area contributed by atoms with Gasteiger partial charge in [-0.05, 0) is 12.1 Å². The van der Waals surface area contributed by atoms with E-state index in [-0.39, 0.29) is 5.43 Å². The molecule has 0 aliphatic carbocycles. The van der Waals surface area contributed by atoms with Crippen LogP contribution in [0.3, 0.4) is 0 Å². The Morgan fingerprint density at radius 1 is 1.40 bits per heavy atom. The van der Waals surface area contributed by atoms with Crippen molar-refractivity contribution in [3.05, 3.63) is 27.4 Å². The molecule has 0 unspecified atom stereocenters. The first-order chi connectivity index (χ1) is 4.70. The maximum atomic E-state index is 10.8. The summed E-state index contributed by atoms with van der Waals surface area (Å²) in [6, 6.07) is 3.23. The first kappa shape index (κ1) is 5.74. The monoisotopic (exact) mass is 153 g/mol. The van der Waals surface area contributed by atoms with Crippen molar-refractivity contribution in [1.82, 2.24) is 0 Å². The SMILES string of the molecule is Nc1cc(Cl)c2c(=O)c2c1. The third-order valence-electron chi connectivity index (χ3n) is 1.52. The van der Waals surface area contributed by atoms with Crippen molar-refractivity contribution in [2.24, 2.45) is 0 Å². The summed E-state index contributed by atoms with van der Waals surface area (Å²) in [5.74, 6) is 0. The lowest BCUT2D eigenvalue weighted by Gasteiger charge is -1.87. The number of nitrogens with two attached hydrogens (primary N) is 1. The van der Waals surface area contributed by atoms with E-state index < -0.39 is 0 Å². The van der Waals surface area contributed by atoms with Crippen molar-refractivity contribution >= 4 is 28.1 Å². The molecule has 0 saturated heterocycles. The minimum atomic E-state index is 0.0294. The lowest BCUT2D eigenvalue weighted by molar-refractivity contribution is 1.81. The predicted molar refractivity (Wildman–Crippen MR) is 42.0 cm³/mol. The van der Waals surface area contributed by atoms with E-state index in [4.69, 9.17) is 17.3 Å². The molecule has 3 heteroatoms. The molecule has 0 spiro atoms. The van der Waals surface area contributed by atoms with Gasteiger partial charge in [0.15, 0.2) is 5.43 Å². The fourth-order valence-corrected chi connectivity index (χ4v) is 1.30. The van der Waals surface area contributed by atoms with E-state index in [2.05, 4.69) is 0 Å². The van der Waals surface area contributed by atoms with Crippen molar-refractivity contribution in [3.63, 3.8) is 0 Å². The van der Waals surface area contributed by atoms with Crippen LogP contribution in [0.25, 0.3) is 10.8 Å². The van der Waals surface area contributed by atoms with Gasteiger partial charge in [0.05, 0.1) is 10.4 Å². The zero-order valence-electron chi connectivity index (χ0n) is 5.02. The number of hydrogen-bond acceptors (Lipinski definition) is 2. The van der Waals surface area contributed by atoms with Gasteiger partial charge in [-0.25, -0.2) is 0 Å². The average Bonchev–Trinajstić information content (AvgIpc) is 2.42. The molecule has 0 aliphatic rings. The van der Waals surface area contributed by atoms with E-state index in [1.165, 1.54) is 0 Å². The standard InChI is InChI=1S/C7H4ClNO/c8-5-2-3(9)1-4-6(5)7(4)10/h1-2H,9H2. The number of halogens is 1. The van der Waals surface area contributed by atoms with E-state index >= 15 is 0 Å². The van der Waals surface area contributed by atoms with Gasteiger partial charge < -0.3 is 5.73 Å². The molecule has 0 bridgehead atoms. The predicted octanol–water partition coefficient (Wildman–Crippen LogP) is 1.31. The molecule has 0 fully saturated rings. The second-order valence-corrected chi connectivity index (χ2v) is 2.66. The molecular weight excluding hydrogens is 150 g/mol. The Morgan fingerprint density at radius 2 is 2.10 bits per heavy atom. The van der Waals surface area contributed by atoms with Crippen LogP contribution < -0.4 is 11.2 Å². The quantitative estimate of drug-likeness (QED) is 0.580. The highest BCUT2D eigenvalue weighted by Gasteiger charge is 2.15. The Balaban J connectivity index is 2.91. The van der Waals surface area contributed by atoms with Gasteiger partial charge in [0.2, 0.25) is 0 Å². The van der Waals surface area contributed by atoms with E-state index in [1.807, 2.05) is 0 Å². The third kappa shape index (κ3) is 0.567. The van der Waals surface area contributed by atoms with Crippen molar-refractivity contribution in [1.29, 1.82) is 0 Å². The maximum absolute atomic E-state index is 10.8. The van der Waals surface area contributed by atoms with Crippen molar-refractivity contribution in [2.75, 3.05) is 5.73 Å². The van der Waals surface area contributed by atoms with E-state index in [9.17, 15) is 4.79 Å². The number of fused-ring (bicyclic) bond motifs is 1. The summed E-state index contributed by atoms with van der Waals surface area (Å²) < 4.78 is 0. The Bertz CT molecular complexity index is 412. The van der Waals surface area contributed by atoms with Crippen LogP contribution >= 0.6 is 11.6 Å². The highest BCUT2D eigenvalue weighted by Crippen LogP contribution is 2.27. The van der Waals surface area contributed by atoms with Crippen LogP contribution in [-0.2, 0) is 0 Å². The van der Waals surface area contributed by atoms with Gasteiger partial charge in [0.1, 0.15) is 0 Å². The fourth-order valence-electron chi connectivity index (χ4n) is 0.986. The normalized spacial score (nSPS) is 11.3. The van der Waals surface area contributed by atoms with Crippen molar-refractivity contribution in [3.8, 4) is 0 Å². The van der Waals surface area contributed by atoms with Crippen LogP contribution in [0.15, 0.2) is 16.9 Å². The fraction of sp³-hybridized carbons (Fsp3) is 0. The smallest absolute Gasteiger partial charge is 0.196 e. The van der Waals surface area contributed by atoms with E-state index in [0.29, 0.717) is 21.5 Å². The van der Waals surface area contributed by atoms with E-state index in [0.717, 1.165) is 0 Å². The molecule has 0 aromatic heterocycles. The molecule has 2 aromatic rings. The van der Waals surface area contributed by atoms with Crippen LogP contribution in [0.5, 0.6) is 0 Å². The largest absolute Gasteiger partial charge is 0.399 e. The van der Waals surface area contributed by atoms with Gasteiger partial charge >= 0.3 is 0 Å². The molecular formula is C7H4ClNO. The molecule has 0 aliphatic heterocycles. The van der Waals surface area contributed by atoms with Gasteiger partial charge in [0, 0.05) is 11.1 Å². The molecule has 50 valence electrons. The van der Waals surface area contributed by atoms with Crippen LogP contribution in [0.1, 0.15) is 0 Å². The van der Waals surface area contributed by atoms with Crippen LogP contribution in [0.4, 0.5) is 5.69 Å². The van der Waals surface area contributed by atoms with E-state index in [1.54, 1.807) is 12.1 Å². The Hall–Kier alpha value is -1.02. The molecule has 0 amide bonds. The highest BCUT2D eigenvalue weighted by atomic mass is 35.5. The summed E-state index contributed by atoms with van der Waals surface area (Å²) in [6.45, 7) is 0. The molecule has 2 rings (SSSR count). The maximum Gasteiger partial charge on any atom is 0.196 e. The Kier molecular flexibility index (Phi) is 0.874. The summed E-state index contributed by atoms with van der Waals surface area (Å²) in [4.78, 5) is 10.8. The minimum absolute atomic E-state index is 0.0294. The highest BCUT2D eigenvalue weighted by molar-refractivity contribution is 6.37. The summed E-state index contributed by atoms with van der Waals surface area (Å²) in [5, 5.41) is 1.78. The van der Waals surface area contributed by atoms with Crippen molar-refractivity contribution in [2.45, 2.75) is 0 Å². The van der Waals surface area contributed by atoms with Crippen LogP contribution in [0, 0.1) is 0 Å². The summed E-state index contributed by atoms with van der Waals surface area (Å²) in [7, 11) is 0. The Morgan fingerprint density at radius 3 is 2.70 bits per heavy atom. The second-order valence-electron chi connectivity index (χ2n) is 2.25. The molecule has 0 atom stereocenters. The molecule has 0 radical (unpaired) electrons. The minimum Gasteiger partial charge on any atom is -0.399 e. The summed E-state index contributed by atoms with van der Waals surface area (Å²) >= 11 is 5.66. The molecule has 0 saturated carbocycles. The topological polar surface area (TPSA) is 43.1 Å². The molecule has 2 nitrogen and oxygen atoms in total. The van der Waals surface area contributed by atoms with Crippen LogP contribution in [0.2, 0.25) is 5.02 Å². The van der Waals surface area contributed by atoms with Gasteiger partial charge in [-0.15, -0.1) is 0 Å². The first-order valence-corrected chi connectivity index (χ1v) is 3.21. The molecule has 2 aromatic carbocycles. The summed E-state index contributed by atoms with van der Waals surface area (Å²) in [5.41, 5.74) is 6.00. The van der Waals surface area contributed by atoms with Gasteiger partial charge in [0.25, 0.3) is 0 Å². The van der Waals surface area contributed by atoms with Gasteiger partial charge in [-0.2, -0.15) is 0 Å². The number of rotatable bonds is 0.